The van der Waals surface area contributed by atoms with Crippen molar-refractivity contribution < 1.29 is 28.7 Å². The Kier molecular flexibility index (Phi) is 7.73. The fourth-order valence-electron chi connectivity index (χ4n) is 3.23. The predicted octanol–water partition coefficient (Wildman–Crippen LogP) is 2.82. The van der Waals surface area contributed by atoms with Crippen molar-refractivity contribution in [3.63, 3.8) is 0 Å². The van der Waals surface area contributed by atoms with Crippen LogP contribution in [0.1, 0.15) is 46.1 Å². The Morgan fingerprint density at radius 1 is 1.19 bits per heavy atom. The fraction of sp³-hybridized carbons (Fsp3) is 0.476. The highest BCUT2D eigenvalue weighted by molar-refractivity contribution is 6.04. The van der Waals surface area contributed by atoms with E-state index in [9.17, 15) is 19.7 Å². The van der Waals surface area contributed by atoms with E-state index in [4.69, 9.17) is 19.9 Å². The van der Waals surface area contributed by atoms with Crippen molar-refractivity contribution in [3.8, 4) is 0 Å². The van der Waals surface area contributed by atoms with E-state index >= 15 is 0 Å². The molecule has 0 fully saturated rings. The number of carbonyl (C=O) groups excluding carboxylic acids is 2. The summed E-state index contributed by atoms with van der Waals surface area (Å²) in [6.07, 6.45) is -0.910. The molecule has 0 saturated carbocycles. The second-order valence-electron chi connectivity index (χ2n) is 7.43. The van der Waals surface area contributed by atoms with E-state index in [0.717, 1.165) is 0 Å². The van der Waals surface area contributed by atoms with Gasteiger partial charge >= 0.3 is 11.9 Å². The molecular formula is C21H27N3O7. The van der Waals surface area contributed by atoms with Crippen LogP contribution in [0.4, 0.5) is 5.69 Å². The van der Waals surface area contributed by atoms with Gasteiger partial charge in [-0.3, -0.25) is 14.9 Å². The van der Waals surface area contributed by atoms with Gasteiger partial charge in [-0.05, 0) is 40.2 Å². The number of nitrogens with two attached hydrogens (primary N) is 1. The highest BCUT2D eigenvalue weighted by Crippen LogP contribution is 2.40. The Morgan fingerprint density at radius 2 is 1.84 bits per heavy atom. The summed E-state index contributed by atoms with van der Waals surface area (Å²) in [7, 11) is 0. The van der Waals surface area contributed by atoms with Crippen LogP contribution in [0, 0.1) is 16.0 Å². The molecular weight excluding hydrogens is 406 g/mol. The summed E-state index contributed by atoms with van der Waals surface area (Å²) in [5.41, 5.74) is 6.12. The highest BCUT2D eigenvalue weighted by Gasteiger charge is 2.46. The molecule has 168 valence electrons. The summed E-state index contributed by atoms with van der Waals surface area (Å²) in [6, 6.07) is 5.62. The van der Waals surface area contributed by atoms with Crippen molar-refractivity contribution in [1.29, 1.82) is 0 Å². The lowest BCUT2D eigenvalue weighted by molar-refractivity contribution is -0.384. The van der Waals surface area contributed by atoms with Crippen molar-refractivity contribution in [2.24, 2.45) is 16.6 Å². The number of aliphatic imine (C=N–C) groups is 1. The molecule has 31 heavy (non-hydrogen) atoms. The summed E-state index contributed by atoms with van der Waals surface area (Å²) in [5.74, 6) is -3.89. The number of rotatable bonds is 7. The van der Waals surface area contributed by atoms with Gasteiger partial charge in [-0.25, -0.2) is 4.79 Å². The molecule has 1 aromatic rings. The number of hydrogen-bond acceptors (Lipinski definition) is 9. The summed E-state index contributed by atoms with van der Waals surface area (Å²) >= 11 is 0. The first kappa shape index (κ1) is 23.8. The quantitative estimate of drug-likeness (QED) is 0.393. The normalized spacial score (nSPS) is 18.6. The van der Waals surface area contributed by atoms with Gasteiger partial charge in [-0.1, -0.05) is 12.1 Å². The lowest BCUT2D eigenvalue weighted by Crippen LogP contribution is -2.41. The molecule has 2 rings (SSSR count). The fourth-order valence-corrected chi connectivity index (χ4v) is 3.23. The average molecular weight is 433 g/mol. The van der Waals surface area contributed by atoms with Crippen LogP contribution in [0.25, 0.3) is 0 Å². The molecule has 0 aromatic heterocycles. The Morgan fingerprint density at radius 3 is 2.39 bits per heavy atom. The summed E-state index contributed by atoms with van der Waals surface area (Å²) in [4.78, 5) is 40.9. The van der Waals surface area contributed by atoms with Crippen molar-refractivity contribution in [3.05, 3.63) is 51.3 Å². The van der Waals surface area contributed by atoms with E-state index in [0.29, 0.717) is 5.56 Å². The van der Waals surface area contributed by atoms with Crippen LogP contribution in [0.15, 0.2) is 40.7 Å². The largest absolute Gasteiger partial charge is 0.480 e. The van der Waals surface area contributed by atoms with Gasteiger partial charge < -0.3 is 19.9 Å². The van der Waals surface area contributed by atoms with E-state index in [2.05, 4.69) is 4.99 Å². The Bertz CT molecular complexity index is 921. The third-order valence-electron chi connectivity index (χ3n) is 4.32. The van der Waals surface area contributed by atoms with Crippen LogP contribution in [0.5, 0.6) is 0 Å². The molecule has 0 radical (unpaired) electrons. The van der Waals surface area contributed by atoms with Crippen molar-refractivity contribution >= 4 is 23.5 Å². The van der Waals surface area contributed by atoms with Crippen molar-refractivity contribution in [2.75, 3.05) is 6.61 Å². The average Bonchev–Trinajstić information content (AvgIpc) is 2.66. The molecule has 1 aromatic carbocycles. The van der Waals surface area contributed by atoms with E-state index in [-0.39, 0.29) is 29.6 Å². The second-order valence-corrected chi connectivity index (χ2v) is 7.43. The molecule has 0 saturated heterocycles. The number of nitrogens with zero attached hydrogens (tertiary/aromatic N) is 2. The van der Waals surface area contributed by atoms with E-state index in [1.807, 2.05) is 0 Å². The third-order valence-corrected chi connectivity index (χ3v) is 4.32. The van der Waals surface area contributed by atoms with Crippen LogP contribution < -0.4 is 5.73 Å². The van der Waals surface area contributed by atoms with Gasteiger partial charge in [0.2, 0.25) is 5.90 Å². The maximum atomic E-state index is 13.1. The maximum absolute atomic E-state index is 13.1. The number of carbonyl (C=O) groups is 2. The molecule has 1 heterocycles. The standard InChI is InChI=1S/C21H27N3O7/c1-6-29-19-17(21(26)31-12(4)5)15(13-8-7-9-14(10-13)24(27)28)16(18(22)23-19)20(25)30-11(2)3/h7-12,15,17H,6,22H2,1-5H3. The molecule has 10 heteroatoms. The van der Waals surface area contributed by atoms with Crippen molar-refractivity contribution in [1.82, 2.24) is 0 Å². The van der Waals surface area contributed by atoms with E-state index < -0.39 is 40.9 Å². The lowest BCUT2D eigenvalue weighted by atomic mass is 9.78. The van der Waals surface area contributed by atoms with Crippen LogP contribution in [0.3, 0.4) is 0 Å². The molecule has 2 unspecified atom stereocenters. The first-order valence-electron chi connectivity index (χ1n) is 9.93. The van der Waals surface area contributed by atoms with Gasteiger partial charge in [0, 0.05) is 18.1 Å². The van der Waals surface area contributed by atoms with Gasteiger partial charge in [0.05, 0.1) is 29.3 Å². The van der Waals surface area contributed by atoms with Crippen molar-refractivity contribution in [2.45, 2.75) is 52.7 Å². The van der Waals surface area contributed by atoms with Gasteiger partial charge in [-0.15, -0.1) is 0 Å². The monoisotopic (exact) mass is 433 g/mol. The molecule has 2 atom stereocenters. The Hall–Kier alpha value is -3.43. The summed E-state index contributed by atoms with van der Waals surface area (Å²) in [5, 5.41) is 11.3. The zero-order valence-electron chi connectivity index (χ0n) is 18.2. The number of benzene rings is 1. The van der Waals surface area contributed by atoms with Gasteiger partial charge in [0.1, 0.15) is 11.7 Å². The summed E-state index contributed by atoms with van der Waals surface area (Å²) in [6.45, 7) is 8.58. The van der Waals surface area contributed by atoms with Gasteiger partial charge in [-0.2, -0.15) is 4.99 Å². The lowest BCUT2D eigenvalue weighted by Gasteiger charge is -2.32. The smallest absolute Gasteiger partial charge is 0.338 e. The molecule has 0 spiro atoms. The number of nitro groups is 1. The number of non-ortho nitro benzene ring substituents is 1. The number of ether oxygens (including phenoxy) is 3. The van der Waals surface area contributed by atoms with Gasteiger partial charge in [0.15, 0.2) is 0 Å². The van der Waals surface area contributed by atoms with Gasteiger partial charge in [0.25, 0.3) is 5.69 Å². The Labute approximate surface area is 180 Å². The molecule has 1 aliphatic heterocycles. The van der Waals surface area contributed by atoms with Crippen LogP contribution >= 0.6 is 0 Å². The first-order chi connectivity index (χ1) is 14.6. The number of hydrogen-bond donors (Lipinski definition) is 1. The SMILES string of the molecule is CCOC1=NC(N)=C(C(=O)OC(C)C)C(c2cccc([N+](=O)[O-])c2)C1C(=O)OC(C)C. The molecule has 10 nitrogen and oxygen atoms in total. The van der Waals surface area contributed by atoms with E-state index in [1.54, 1.807) is 40.7 Å². The predicted molar refractivity (Wildman–Crippen MR) is 112 cm³/mol. The highest BCUT2D eigenvalue weighted by atomic mass is 16.6. The zero-order chi connectivity index (χ0) is 23.3. The number of nitro benzene ring substituents is 1. The third kappa shape index (κ3) is 5.59. The molecule has 0 aliphatic carbocycles. The minimum absolute atomic E-state index is 0.0248. The minimum atomic E-state index is -1.17. The topological polar surface area (TPSA) is 143 Å². The first-order valence-corrected chi connectivity index (χ1v) is 9.93. The van der Waals surface area contributed by atoms with E-state index in [1.165, 1.54) is 18.2 Å². The van der Waals surface area contributed by atoms with Crippen LogP contribution in [-0.2, 0) is 23.8 Å². The summed E-state index contributed by atoms with van der Waals surface area (Å²) < 4.78 is 16.3. The molecule has 0 amide bonds. The zero-order valence-corrected chi connectivity index (χ0v) is 18.2. The minimum Gasteiger partial charge on any atom is -0.480 e. The number of esters is 2. The Balaban J connectivity index is 2.73. The van der Waals surface area contributed by atoms with Crippen LogP contribution in [-0.4, -0.2) is 41.6 Å². The molecule has 0 bridgehead atoms. The van der Waals surface area contributed by atoms with Crippen LogP contribution in [0.2, 0.25) is 0 Å². The molecule has 2 N–H and O–H groups in total. The maximum Gasteiger partial charge on any atom is 0.338 e. The second kappa shape index (κ2) is 10.1. The molecule has 1 aliphatic rings.